The SMILES string of the molecule is CCn1cc(NC(=O)CCn2nccc2C(=O)O)c(C(=O)NC)n1. The van der Waals surface area contributed by atoms with Crippen LogP contribution in [0.2, 0.25) is 0 Å². The van der Waals surface area contributed by atoms with Crippen LogP contribution in [-0.4, -0.2) is 49.5 Å². The lowest BCUT2D eigenvalue weighted by atomic mass is 10.3. The molecule has 128 valence electrons. The normalized spacial score (nSPS) is 10.4. The van der Waals surface area contributed by atoms with E-state index < -0.39 is 11.9 Å². The third kappa shape index (κ3) is 3.77. The van der Waals surface area contributed by atoms with Gasteiger partial charge in [0.15, 0.2) is 5.69 Å². The summed E-state index contributed by atoms with van der Waals surface area (Å²) in [5.41, 5.74) is 0.436. The molecular formula is C14H18N6O4. The minimum absolute atomic E-state index is 0.00640. The highest BCUT2D eigenvalue weighted by Gasteiger charge is 2.18. The number of rotatable bonds is 7. The number of nitrogens with zero attached hydrogens (tertiary/aromatic N) is 4. The summed E-state index contributed by atoms with van der Waals surface area (Å²) in [6, 6.07) is 1.36. The van der Waals surface area contributed by atoms with Crippen molar-refractivity contribution < 1.29 is 19.5 Å². The number of anilines is 1. The summed E-state index contributed by atoms with van der Waals surface area (Å²) in [6.45, 7) is 2.52. The molecule has 0 saturated heterocycles. The Kier molecular flexibility index (Phi) is 5.30. The number of carboxylic acids is 1. The molecule has 0 fully saturated rings. The van der Waals surface area contributed by atoms with Gasteiger partial charge >= 0.3 is 5.97 Å². The molecule has 2 amide bonds. The third-order valence-electron chi connectivity index (χ3n) is 3.29. The molecular weight excluding hydrogens is 316 g/mol. The van der Waals surface area contributed by atoms with E-state index in [-0.39, 0.29) is 30.3 Å². The summed E-state index contributed by atoms with van der Waals surface area (Å²) < 4.78 is 2.77. The van der Waals surface area contributed by atoms with Crippen LogP contribution in [0.1, 0.15) is 34.3 Å². The molecule has 2 heterocycles. The smallest absolute Gasteiger partial charge is 0.354 e. The van der Waals surface area contributed by atoms with Crippen molar-refractivity contribution >= 4 is 23.5 Å². The molecule has 2 aromatic rings. The van der Waals surface area contributed by atoms with Crippen LogP contribution in [0.5, 0.6) is 0 Å². The minimum atomic E-state index is -1.11. The molecule has 0 aliphatic heterocycles. The van der Waals surface area contributed by atoms with Gasteiger partial charge < -0.3 is 15.7 Å². The van der Waals surface area contributed by atoms with Gasteiger partial charge in [0.25, 0.3) is 5.91 Å². The minimum Gasteiger partial charge on any atom is -0.477 e. The van der Waals surface area contributed by atoms with Crippen molar-refractivity contribution in [2.45, 2.75) is 26.4 Å². The van der Waals surface area contributed by atoms with Crippen molar-refractivity contribution in [3.05, 3.63) is 29.8 Å². The molecule has 10 nitrogen and oxygen atoms in total. The summed E-state index contributed by atoms with van der Waals surface area (Å²) in [6.07, 6.45) is 2.93. The molecule has 3 N–H and O–H groups in total. The first-order chi connectivity index (χ1) is 11.5. The first-order valence-electron chi connectivity index (χ1n) is 7.30. The van der Waals surface area contributed by atoms with Gasteiger partial charge in [-0.05, 0) is 13.0 Å². The van der Waals surface area contributed by atoms with E-state index in [0.29, 0.717) is 12.2 Å². The summed E-state index contributed by atoms with van der Waals surface area (Å²) >= 11 is 0. The first kappa shape index (κ1) is 17.2. The Balaban J connectivity index is 2.04. The molecule has 10 heteroatoms. The van der Waals surface area contributed by atoms with E-state index in [9.17, 15) is 14.4 Å². The largest absolute Gasteiger partial charge is 0.477 e. The average Bonchev–Trinajstić information content (AvgIpc) is 3.18. The fourth-order valence-electron chi connectivity index (χ4n) is 2.07. The van der Waals surface area contributed by atoms with Crippen LogP contribution in [0, 0.1) is 0 Å². The summed E-state index contributed by atoms with van der Waals surface area (Å²) in [5.74, 6) is -1.89. The average molecular weight is 334 g/mol. The highest BCUT2D eigenvalue weighted by molar-refractivity contribution is 6.02. The zero-order valence-electron chi connectivity index (χ0n) is 13.3. The van der Waals surface area contributed by atoms with Crippen LogP contribution in [0.15, 0.2) is 18.5 Å². The van der Waals surface area contributed by atoms with Crippen LogP contribution < -0.4 is 10.6 Å². The lowest BCUT2D eigenvalue weighted by molar-refractivity contribution is -0.116. The second-order valence-electron chi connectivity index (χ2n) is 4.87. The number of carboxylic acid groups (broad SMARTS) is 1. The van der Waals surface area contributed by atoms with Gasteiger partial charge in [-0.25, -0.2) is 4.79 Å². The third-order valence-corrected chi connectivity index (χ3v) is 3.29. The second kappa shape index (κ2) is 7.40. The quantitative estimate of drug-likeness (QED) is 0.662. The predicted molar refractivity (Wildman–Crippen MR) is 83.7 cm³/mol. The first-order valence-corrected chi connectivity index (χ1v) is 7.30. The molecule has 0 aliphatic rings. The van der Waals surface area contributed by atoms with Crippen molar-refractivity contribution in [2.75, 3.05) is 12.4 Å². The van der Waals surface area contributed by atoms with E-state index in [1.807, 2.05) is 6.92 Å². The Morgan fingerprint density at radius 3 is 2.71 bits per heavy atom. The Labute approximate surface area is 137 Å². The molecule has 2 aromatic heterocycles. The molecule has 0 atom stereocenters. The summed E-state index contributed by atoms with van der Waals surface area (Å²) in [4.78, 5) is 34.9. The zero-order valence-corrected chi connectivity index (χ0v) is 13.3. The number of hydrogen-bond acceptors (Lipinski definition) is 5. The molecule has 0 unspecified atom stereocenters. The van der Waals surface area contributed by atoms with Crippen molar-refractivity contribution in [2.24, 2.45) is 0 Å². The predicted octanol–water partition coefficient (Wildman–Crippen LogP) is 0.186. The van der Waals surface area contributed by atoms with Gasteiger partial charge in [0.1, 0.15) is 5.69 Å². The molecule has 0 bridgehead atoms. The Morgan fingerprint density at radius 2 is 2.08 bits per heavy atom. The molecule has 0 radical (unpaired) electrons. The summed E-state index contributed by atoms with van der Waals surface area (Å²) in [7, 11) is 1.48. The van der Waals surface area contributed by atoms with Gasteiger partial charge in [-0.3, -0.25) is 19.0 Å². The van der Waals surface area contributed by atoms with Crippen molar-refractivity contribution in [3.63, 3.8) is 0 Å². The standard InChI is InChI=1S/C14H18N6O4/c1-3-19-8-9(12(18-19)13(22)15-2)17-11(21)5-7-20-10(14(23)24)4-6-16-20/h4,6,8H,3,5,7H2,1-2H3,(H,15,22)(H,17,21)(H,23,24). The highest BCUT2D eigenvalue weighted by Crippen LogP contribution is 2.14. The Morgan fingerprint density at radius 1 is 1.33 bits per heavy atom. The lowest BCUT2D eigenvalue weighted by Crippen LogP contribution is -2.22. The number of carbonyl (C=O) groups is 3. The van der Waals surface area contributed by atoms with Crippen LogP contribution >= 0.6 is 0 Å². The monoisotopic (exact) mass is 334 g/mol. The number of aryl methyl sites for hydroxylation is 2. The maximum atomic E-state index is 12.1. The van der Waals surface area contributed by atoms with E-state index in [1.54, 1.807) is 6.20 Å². The fourth-order valence-corrected chi connectivity index (χ4v) is 2.07. The van der Waals surface area contributed by atoms with Crippen LogP contribution in [0.3, 0.4) is 0 Å². The van der Waals surface area contributed by atoms with Crippen molar-refractivity contribution in [1.29, 1.82) is 0 Å². The van der Waals surface area contributed by atoms with Gasteiger partial charge in [0.2, 0.25) is 5.91 Å². The zero-order chi connectivity index (χ0) is 17.7. The van der Waals surface area contributed by atoms with Crippen LogP contribution in [0.4, 0.5) is 5.69 Å². The lowest BCUT2D eigenvalue weighted by Gasteiger charge is -2.06. The maximum Gasteiger partial charge on any atom is 0.354 e. The Hall–Kier alpha value is -3.17. The maximum absolute atomic E-state index is 12.1. The number of aromatic carboxylic acids is 1. The van der Waals surface area contributed by atoms with E-state index in [0.717, 1.165) is 0 Å². The molecule has 0 spiro atoms. The van der Waals surface area contributed by atoms with Gasteiger partial charge in [0.05, 0.1) is 12.2 Å². The van der Waals surface area contributed by atoms with E-state index in [2.05, 4.69) is 20.8 Å². The van der Waals surface area contributed by atoms with E-state index in [1.165, 1.54) is 28.7 Å². The molecule has 0 aromatic carbocycles. The van der Waals surface area contributed by atoms with Crippen LogP contribution in [0.25, 0.3) is 0 Å². The van der Waals surface area contributed by atoms with Crippen molar-refractivity contribution in [3.8, 4) is 0 Å². The van der Waals surface area contributed by atoms with E-state index >= 15 is 0 Å². The van der Waals surface area contributed by atoms with E-state index in [4.69, 9.17) is 5.11 Å². The van der Waals surface area contributed by atoms with Gasteiger partial charge in [-0.2, -0.15) is 10.2 Å². The molecule has 24 heavy (non-hydrogen) atoms. The number of amides is 2. The second-order valence-corrected chi connectivity index (χ2v) is 4.87. The van der Waals surface area contributed by atoms with Crippen molar-refractivity contribution in [1.82, 2.24) is 24.9 Å². The Bertz CT molecular complexity index is 763. The number of aromatic nitrogens is 4. The van der Waals surface area contributed by atoms with Gasteiger partial charge in [-0.1, -0.05) is 0 Å². The van der Waals surface area contributed by atoms with Crippen LogP contribution in [-0.2, 0) is 17.9 Å². The summed E-state index contributed by atoms with van der Waals surface area (Å²) in [5, 5.41) is 22.0. The fraction of sp³-hybridized carbons (Fsp3) is 0.357. The van der Waals surface area contributed by atoms with Gasteiger partial charge in [0, 0.05) is 32.4 Å². The number of hydrogen-bond donors (Lipinski definition) is 3. The molecule has 2 rings (SSSR count). The number of carbonyl (C=O) groups excluding carboxylic acids is 2. The van der Waals surface area contributed by atoms with Gasteiger partial charge in [-0.15, -0.1) is 0 Å². The topological polar surface area (TPSA) is 131 Å². The molecule has 0 saturated carbocycles. The number of nitrogens with one attached hydrogen (secondary N) is 2. The molecule has 0 aliphatic carbocycles. The highest BCUT2D eigenvalue weighted by atomic mass is 16.4.